The van der Waals surface area contributed by atoms with Crippen LogP contribution in [0.25, 0.3) is 0 Å². The molecule has 0 amide bonds. The van der Waals surface area contributed by atoms with Crippen LogP contribution in [0.2, 0.25) is 5.02 Å². The van der Waals surface area contributed by atoms with Gasteiger partial charge < -0.3 is 4.74 Å². The van der Waals surface area contributed by atoms with Gasteiger partial charge in [-0.2, -0.15) is 0 Å². The summed E-state index contributed by atoms with van der Waals surface area (Å²) >= 11 is 5.73. The summed E-state index contributed by atoms with van der Waals surface area (Å²) in [6.45, 7) is 2.03. The number of ether oxygens (including phenoxy) is 1. The van der Waals surface area contributed by atoms with Crippen LogP contribution in [0, 0.1) is 22.0 Å². The van der Waals surface area contributed by atoms with Crippen molar-refractivity contribution in [3.63, 3.8) is 0 Å². The third-order valence-electron chi connectivity index (χ3n) is 1.78. The van der Waals surface area contributed by atoms with Crippen molar-refractivity contribution in [1.82, 2.24) is 0 Å². The minimum absolute atomic E-state index is 0.0890. The zero-order valence-corrected chi connectivity index (χ0v) is 9.45. The van der Waals surface area contributed by atoms with E-state index in [9.17, 15) is 10.1 Å². The second kappa shape index (κ2) is 5.99. The van der Waals surface area contributed by atoms with Gasteiger partial charge in [0.25, 0.3) is 0 Å². The summed E-state index contributed by atoms with van der Waals surface area (Å²) < 4.78 is 5.25. The smallest absolute Gasteiger partial charge is 0.311 e. The molecule has 0 saturated heterocycles. The number of benzene rings is 1. The van der Waals surface area contributed by atoms with Crippen molar-refractivity contribution in [2.24, 2.45) is 0 Å². The van der Waals surface area contributed by atoms with E-state index in [1.165, 1.54) is 18.2 Å². The summed E-state index contributed by atoms with van der Waals surface area (Å²) in [7, 11) is 0. The molecule has 0 unspecified atom stereocenters. The lowest BCUT2D eigenvalue weighted by Gasteiger charge is -2.04. The van der Waals surface area contributed by atoms with Crippen LogP contribution in [-0.2, 0) is 0 Å². The molecular weight excluding hydrogens is 230 g/mol. The maximum Gasteiger partial charge on any atom is 0.311 e. The highest BCUT2D eigenvalue weighted by molar-refractivity contribution is 6.30. The van der Waals surface area contributed by atoms with Gasteiger partial charge in [-0.15, -0.1) is 11.8 Å². The largest absolute Gasteiger partial charge is 0.486 e. The predicted molar refractivity (Wildman–Crippen MR) is 61.7 cm³/mol. The van der Waals surface area contributed by atoms with E-state index in [-0.39, 0.29) is 11.4 Å². The van der Waals surface area contributed by atoms with Crippen LogP contribution in [0.15, 0.2) is 18.2 Å². The lowest BCUT2D eigenvalue weighted by molar-refractivity contribution is -0.385. The highest BCUT2D eigenvalue weighted by Crippen LogP contribution is 2.29. The fourth-order valence-corrected chi connectivity index (χ4v) is 1.25. The van der Waals surface area contributed by atoms with Crippen LogP contribution in [0.1, 0.15) is 13.3 Å². The van der Waals surface area contributed by atoms with E-state index in [0.29, 0.717) is 18.1 Å². The molecule has 0 N–H and O–H groups in total. The van der Waals surface area contributed by atoms with Gasteiger partial charge in [0.1, 0.15) is 0 Å². The summed E-state index contributed by atoms with van der Waals surface area (Å²) in [4.78, 5) is 10.2. The minimum atomic E-state index is -0.503. The van der Waals surface area contributed by atoms with Crippen LogP contribution >= 0.6 is 11.6 Å². The van der Waals surface area contributed by atoms with Gasteiger partial charge in [-0.05, 0) is 13.0 Å². The van der Waals surface area contributed by atoms with Gasteiger partial charge in [0.2, 0.25) is 0 Å². The minimum Gasteiger partial charge on any atom is -0.486 e. The van der Waals surface area contributed by atoms with Crippen molar-refractivity contribution < 1.29 is 9.66 Å². The summed E-state index contributed by atoms with van der Waals surface area (Å²) in [6.07, 6.45) is 0.528. The molecule has 4 nitrogen and oxygen atoms in total. The highest BCUT2D eigenvalue weighted by Gasteiger charge is 2.14. The van der Waals surface area contributed by atoms with Gasteiger partial charge >= 0.3 is 5.69 Å². The maximum absolute atomic E-state index is 10.7. The molecule has 0 atom stereocenters. The number of hydrogen-bond donors (Lipinski definition) is 0. The standard InChI is InChI=1S/C11H10ClNO3/c1-2-3-4-7-16-11-8-9(12)5-6-10(11)13(14)15/h5-6,8H,4,7H2,1H3. The number of hydrogen-bond acceptors (Lipinski definition) is 3. The third kappa shape index (κ3) is 3.44. The van der Waals surface area contributed by atoms with Crippen LogP contribution < -0.4 is 4.74 Å². The Balaban J connectivity index is 2.78. The van der Waals surface area contributed by atoms with E-state index in [1.807, 2.05) is 0 Å². The second-order valence-corrected chi connectivity index (χ2v) is 3.33. The molecule has 0 aliphatic carbocycles. The first-order chi connectivity index (χ1) is 7.65. The molecule has 0 radical (unpaired) electrons. The molecule has 0 heterocycles. The van der Waals surface area contributed by atoms with Gasteiger partial charge in [0.15, 0.2) is 5.75 Å². The Morgan fingerprint density at radius 3 is 2.94 bits per heavy atom. The number of nitro groups is 1. The van der Waals surface area contributed by atoms with E-state index in [2.05, 4.69) is 11.8 Å². The molecule has 0 bridgehead atoms. The quantitative estimate of drug-likeness (QED) is 0.351. The van der Waals surface area contributed by atoms with Crippen LogP contribution in [-0.4, -0.2) is 11.5 Å². The van der Waals surface area contributed by atoms with Crippen molar-refractivity contribution >= 4 is 17.3 Å². The van der Waals surface area contributed by atoms with Gasteiger partial charge in [0, 0.05) is 23.6 Å². The molecule has 5 heteroatoms. The first-order valence-electron chi connectivity index (χ1n) is 4.61. The number of nitrogens with zero attached hydrogens (tertiary/aromatic N) is 1. The van der Waals surface area contributed by atoms with Crippen LogP contribution in [0.5, 0.6) is 5.75 Å². The zero-order chi connectivity index (χ0) is 12.0. The fourth-order valence-electron chi connectivity index (χ4n) is 1.09. The molecule has 84 valence electrons. The van der Waals surface area contributed by atoms with E-state index < -0.39 is 4.92 Å². The normalized spacial score (nSPS) is 9.12. The summed E-state index contributed by atoms with van der Waals surface area (Å²) in [5.74, 6) is 5.69. The third-order valence-corrected chi connectivity index (χ3v) is 2.02. The molecule has 0 fully saturated rings. The van der Waals surface area contributed by atoms with Crippen molar-refractivity contribution in [2.45, 2.75) is 13.3 Å². The molecule has 0 saturated carbocycles. The molecule has 0 spiro atoms. The first-order valence-corrected chi connectivity index (χ1v) is 4.99. The Hall–Kier alpha value is -1.73. The average Bonchev–Trinajstić information content (AvgIpc) is 2.24. The number of rotatable bonds is 4. The summed E-state index contributed by atoms with van der Waals surface area (Å²) in [6, 6.07) is 4.21. The van der Waals surface area contributed by atoms with Crippen molar-refractivity contribution in [3.05, 3.63) is 33.3 Å². The van der Waals surface area contributed by atoms with Crippen molar-refractivity contribution in [1.29, 1.82) is 0 Å². The summed E-state index contributed by atoms with van der Waals surface area (Å²) in [5.41, 5.74) is -0.0890. The lowest BCUT2D eigenvalue weighted by atomic mass is 10.3. The maximum atomic E-state index is 10.7. The Kier molecular flexibility index (Phi) is 4.62. The SMILES string of the molecule is CC#CCCOc1cc(Cl)ccc1[N+](=O)[O-]. The molecule has 0 aliphatic rings. The first kappa shape index (κ1) is 12.3. The Bertz CT molecular complexity index is 448. The fraction of sp³-hybridized carbons (Fsp3) is 0.273. The van der Waals surface area contributed by atoms with Crippen LogP contribution in [0.4, 0.5) is 5.69 Å². The predicted octanol–water partition coefficient (Wildman–Crippen LogP) is 3.04. The topological polar surface area (TPSA) is 52.4 Å². The van der Waals surface area contributed by atoms with E-state index in [4.69, 9.17) is 16.3 Å². The van der Waals surface area contributed by atoms with Crippen molar-refractivity contribution in [3.8, 4) is 17.6 Å². The lowest BCUT2D eigenvalue weighted by Crippen LogP contribution is -1.99. The molecule has 16 heavy (non-hydrogen) atoms. The van der Waals surface area contributed by atoms with Gasteiger partial charge in [-0.3, -0.25) is 10.1 Å². The van der Waals surface area contributed by atoms with Crippen LogP contribution in [0.3, 0.4) is 0 Å². The van der Waals surface area contributed by atoms with Gasteiger partial charge in [-0.25, -0.2) is 0 Å². The summed E-state index contributed by atoms with van der Waals surface area (Å²) in [5, 5.41) is 11.1. The number of halogens is 1. The molecule has 1 aromatic rings. The van der Waals surface area contributed by atoms with E-state index >= 15 is 0 Å². The number of nitro benzene ring substituents is 1. The van der Waals surface area contributed by atoms with Gasteiger partial charge in [-0.1, -0.05) is 11.6 Å². The molecule has 1 rings (SSSR count). The molecule has 0 aliphatic heterocycles. The molecule has 0 aromatic heterocycles. The van der Waals surface area contributed by atoms with Crippen molar-refractivity contribution in [2.75, 3.05) is 6.61 Å². The van der Waals surface area contributed by atoms with E-state index in [1.54, 1.807) is 6.92 Å². The monoisotopic (exact) mass is 239 g/mol. The average molecular weight is 240 g/mol. The molecular formula is C11H10ClNO3. The molecule has 1 aromatic carbocycles. The zero-order valence-electron chi connectivity index (χ0n) is 8.70. The highest BCUT2D eigenvalue weighted by atomic mass is 35.5. The second-order valence-electron chi connectivity index (χ2n) is 2.89. The van der Waals surface area contributed by atoms with E-state index in [0.717, 1.165) is 0 Å². The Morgan fingerprint density at radius 1 is 1.56 bits per heavy atom. The Morgan fingerprint density at radius 2 is 2.31 bits per heavy atom. The Labute approximate surface area is 98.3 Å². The van der Waals surface area contributed by atoms with Gasteiger partial charge in [0.05, 0.1) is 11.5 Å².